The lowest BCUT2D eigenvalue weighted by molar-refractivity contribution is 0.102. The van der Waals surface area contributed by atoms with E-state index in [-0.39, 0.29) is 11.6 Å². The van der Waals surface area contributed by atoms with Crippen molar-refractivity contribution < 1.29 is 14.0 Å². The smallest absolute Gasteiger partial charge is 0.185 e. The third-order valence-corrected chi connectivity index (χ3v) is 2.57. The van der Waals surface area contributed by atoms with E-state index in [0.717, 1.165) is 0 Å². The van der Waals surface area contributed by atoms with E-state index in [2.05, 4.69) is 0 Å². The fourth-order valence-corrected chi connectivity index (χ4v) is 1.56. The molecule has 3 heteroatoms. The summed E-state index contributed by atoms with van der Waals surface area (Å²) < 4.78 is 12.7. The molecule has 0 aliphatic carbocycles. The van der Waals surface area contributed by atoms with Crippen LogP contribution < -0.4 is 0 Å². The van der Waals surface area contributed by atoms with Crippen molar-refractivity contribution in [2.45, 2.75) is 0 Å². The van der Waals surface area contributed by atoms with Crippen LogP contribution in [-0.4, -0.2) is 11.6 Å². The van der Waals surface area contributed by atoms with Gasteiger partial charge in [-0.25, -0.2) is 4.39 Å². The number of hydrogen-bond donors (Lipinski definition) is 0. The van der Waals surface area contributed by atoms with Crippen LogP contribution in [0.25, 0.3) is 0 Å². The Morgan fingerprint density at radius 3 is 1.74 bits per heavy atom. The highest BCUT2D eigenvalue weighted by Gasteiger charge is 2.04. The summed E-state index contributed by atoms with van der Waals surface area (Å²) in [6.45, 7) is 0. The second-order valence-electron chi connectivity index (χ2n) is 3.93. The molecule has 0 unspecified atom stereocenters. The van der Waals surface area contributed by atoms with Crippen LogP contribution in [0.3, 0.4) is 0 Å². The van der Waals surface area contributed by atoms with Crippen molar-refractivity contribution >= 4 is 11.6 Å². The van der Waals surface area contributed by atoms with E-state index >= 15 is 0 Å². The average Bonchev–Trinajstić information content (AvgIpc) is 2.46. The predicted molar refractivity (Wildman–Crippen MR) is 70.6 cm³/mol. The summed E-state index contributed by atoms with van der Waals surface area (Å²) in [5, 5.41) is 0. The van der Waals surface area contributed by atoms with Crippen molar-refractivity contribution in [1.29, 1.82) is 0 Å². The average molecular weight is 254 g/mol. The molecule has 0 fully saturated rings. The highest BCUT2D eigenvalue weighted by atomic mass is 19.1. The second-order valence-corrected chi connectivity index (χ2v) is 3.93. The zero-order chi connectivity index (χ0) is 13.7. The van der Waals surface area contributed by atoms with Gasteiger partial charge in [-0.05, 0) is 36.4 Å². The molecular weight excluding hydrogens is 243 g/mol. The fraction of sp³-hybridized carbons (Fsp3) is 0. The van der Waals surface area contributed by atoms with Crippen molar-refractivity contribution in [2.75, 3.05) is 0 Å². The molecule has 94 valence electrons. The molecule has 0 spiro atoms. The Morgan fingerprint density at radius 1 is 0.737 bits per heavy atom. The van der Waals surface area contributed by atoms with E-state index < -0.39 is 5.82 Å². The van der Waals surface area contributed by atoms with E-state index in [1.807, 2.05) is 6.07 Å². The van der Waals surface area contributed by atoms with E-state index in [1.54, 1.807) is 24.3 Å². The summed E-state index contributed by atoms with van der Waals surface area (Å²) in [6, 6.07) is 13.9. The normalized spacial score (nSPS) is 10.6. The Hall–Kier alpha value is -2.55. The topological polar surface area (TPSA) is 34.1 Å². The SMILES string of the molecule is O=C(/C=C\C(=O)c1ccc(F)cc1)c1ccccc1. The first-order chi connectivity index (χ1) is 9.16. The highest BCUT2D eigenvalue weighted by molar-refractivity contribution is 6.11. The van der Waals surface area contributed by atoms with Gasteiger partial charge >= 0.3 is 0 Å². The minimum absolute atomic E-state index is 0.240. The molecule has 0 bridgehead atoms. The molecule has 0 atom stereocenters. The summed E-state index contributed by atoms with van der Waals surface area (Å²) in [6.07, 6.45) is 2.42. The zero-order valence-corrected chi connectivity index (χ0v) is 10.0. The molecule has 0 aliphatic rings. The summed E-state index contributed by atoms with van der Waals surface area (Å²) >= 11 is 0. The minimum atomic E-state index is -0.402. The van der Waals surface area contributed by atoms with Crippen molar-refractivity contribution in [3.05, 3.63) is 83.7 Å². The van der Waals surface area contributed by atoms with Gasteiger partial charge in [0, 0.05) is 11.1 Å². The van der Waals surface area contributed by atoms with Crippen LogP contribution in [0, 0.1) is 5.82 Å². The molecule has 2 aromatic rings. The van der Waals surface area contributed by atoms with Crippen LogP contribution >= 0.6 is 0 Å². The fourth-order valence-electron chi connectivity index (χ4n) is 1.56. The Balaban J connectivity index is 2.09. The number of carbonyl (C=O) groups excluding carboxylic acids is 2. The van der Waals surface area contributed by atoms with Crippen LogP contribution in [0.2, 0.25) is 0 Å². The first-order valence-corrected chi connectivity index (χ1v) is 5.74. The third kappa shape index (κ3) is 3.45. The van der Waals surface area contributed by atoms with E-state index in [1.165, 1.54) is 36.4 Å². The van der Waals surface area contributed by atoms with Crippen molar-refractivity contribution in [3.8, 4) is 0 Å². The van der Waals surface area contributed by atoms with Crippen LogP contribution in [0.5, 0.6) is 0 Å². The maximum Gasteiger partial charge on any atom is 0.185 e. The van der Waals surface area contributed by atoms with Crippen LogP contribution in [0.4, 0.5) is 4.39 Å². The molecule has 0 amide bonds. The van der Waals surface area contributed by atoms with Gasteiger partial charge in [-0.15, -0.1) is 0 Å². The van der Waals surface area contributed by atoms with Gasteiger partial charge in [0.1, 0.15) is 5.82 Å². The molecule has 0 saturated carbocycles. The van der Waals surface area contributed by atoms with Crippen LogP contribution in [0.15, 0.2) is 66.7 Å². The maximum atomic E-state index is 12.7. The Bertz CT molecular complexity index is 613. The molecular formula is C16H11FO2. The van der Waals surface area contributed by atoms with E-state index in [0.29, 0.717) is 11.1 Å². The van der Waals surface area contributed by atoms with Gasteiger partial charge in [0.15, 0.2) is 11.6 Å². The van der Waals surface area contributed by atoms with Gasteiger partial charge in [-0.2, -0.15) is 0 Å². The summed E-state index contributed by atoms with van der Waals surface area (Å²) in [4.78, 5) is 23.5. The van der Waals surface area contributed by atoms with Gasteiger partial charge in [-0.1, -0.05) is 30.3 Å². The van der Waals surface area contributed by atoms with Gasteiger partial charge in [0.25, 0.3) is 0 Å². The molecule has 2 nitrogen and oxygen atoms in total. The van der Waals surface area contributed by atoms with Gasteiger partial charge in [-0.3, -0.25) is 9.59 Å². The predicted octanol–water partition coefficient (Wildman–Crippen LogP) is 3.45. The van der Waals surface area contributed by atoms with Gasteiger partial charge in [0.2, 0.25) is 0 Å². The maximum absolute atomic E-state index is 12.7. The molecule has 0 saturated heterocycles. The van der Waals surface area contributed by atoms with Gasteiger partial charge < -0.3 is 0 Å². The number of ketones is 2. The molecule has 0 aromatic heterocycles. The molecule has 2 aromatic carbocycles. The standard InChI is InChI=1S/C16H11FO2/c17-14-8-6-13(7-9-14)16(19)11-10-15(18)12-4-2-1-3-5-12/h1-11H/b11-10-. The molecule has 0 N–H and O–H groups in total. The number of allylic oxidation sites excluding steroid dienone is 2. The van der Waals surface area contributed by atoms with Gasteiger partial charge in [0.05, 0.1) is 0 Å². The minimum Gasteiger partial charge on any atom is -0.289 e. The zero-order valence-electron chi connectivity index (χ0n) is 10.0. The lowest BCUT2D eigenvalue weighted by Gasteiger charge is -1.96. The van der Waals surface area contributed by atoms with Crippen molar-refractivity contribution in [3.63, 3.8) is 0 Å². The van der Waals surface area contributed by atoms with E-state index in [4.69, 9.17) is 0 Å². The molecule has 0 radical (unpaired) electrons. The summed E-state index contributed by atoms with van der Waals surface area (Å²) in [5.74, 6) is -0.971. The Labute approximate surface area is 110 Å². The molecule has 0 aliphatic heterocycles. The largest absolute Gasteiger partial charge is 0.289 e. The third-order valence-electron chi connectivity index (χ3n) is 2.57. The van der Waals surface area contributed by atoms with Crippen LogP contribution in [0.1, 0.15) is 20.7 Å². The number of rotatable bonds is 4. The van der Waals surface area contributed by atoms with Crippen molar-refractivity contribution in [2.24, 2.45) is 0 Å². The first kappa shape index (κ1) is 12.9. The molecule has 2 rings (SSSR count). The molecule has 0 heterocycles. The quantitative estimate of drug-likeness (QED) is 0.618. The summed E-state index contributed by atoms with van der Waals surface area (Å²) in [7, 11) is 0. The number of halogens is 1. The number of hydrogen-bond acceptors (Lipinski definition) is 2. The first-order valence-electron chi connectivity index (χ1n) is 5.74. The summed E-state index contributed by atoms with van der Waals surface area (Å²) in [5.41, 5.74) is 0.865. The second kappa shape index (κ2) is 5.87. The highest BCUT2D eigenvalue weighted by Crippen LogP contribution is 2.06. The van der Waals surface area contributed by atoms with Crippen LogP contribution in [-0.2, 0) is 0 Å². The lowest BCUT2D eigenvalue weighted by atomic mass is 10.1. The Kier molecular flexibility index (Phi) is 3.98. The number of carbonyl (C=O) groups is 2. The molecule has 19 heavy (non-hydrogen) atoms. The van der Waals surface area contributed by atoms with E-state index in [9.17, 15) is 14.0 Å². The van der Waals surface area contributed by atoms with Crippen molar-refractivity contribution in [1.82, 2.24) is 0 Å². The number of benzene rings is 2. The lowest BCUT2D eigenvalue weighted by Crippen LogP contribution is -1.98. The Morgan fingerprint density at radius 2 is 1.21 bits per heavy atom. The monoisotopic (exact) mass is 254 g/mol.